The molecule has 0 bridgehead atoms. The van der Waals surface area contributed by atoms with Gasteiger partial charge in [0.15, 0.2) is 12.6 Å². The molecule has 0 amide bonds. The lowest BCUT2D eigenvalue weighted by Gasteiger charge is -2.47. The zero-order chi connectivity index (χ0) is 28.9. The first kappa shape index (κ1) is 32.9. The Labute approximate surface area is 226 Å². The second-order valence-corrected chi connectivity index (χ2v) is 11.9. The van der Waals surface area contributed by atoms with Gasteiger partial charge in [-0.05, 0) is 6.42 Å². The van der Waals surface area contributed by atoms with Crippen LogP contribution >= 0.6 is 0 Å². The van der Waals surface area contributed by atoms with E-state index in [1.807, 2.05) is 0 Å². The minimum atomic E-state index is -3.89. The Morgan fingerprint density at radius 3 is 2.23 bits per heavy atom. The average molecular weight is 590 g/mol. The Kier molecular flexibility index (Phi) is 12.2. The number of nitrogens with one attached hydrogen (secondary N) is 2. The highest BCUT2D eigenvalue weighted by atomic mass is 32.2. The molecule has 17 nitrogen and oxygen atoms in total. The van der Waals surface area contributed by atoms with E-state index in [1.165, 1.54) is 0 Å². The van der Waals surface area contributed by atoms with Crippen molar-refractivity contribution in [2.75, 3.05) is 38.6 Å². The van der Waals surface area contributed by atoms with Gasteiger partial charge >= 0.3 is 0 Å². The van der Waals surface area contributed by atoms with Gasteiger partial charge in [-0.15, -0.1) is 0 Å². The highest BCUT2D eigenvalue weighted by molar-refractivity contribution is 7.89. The standard InChI is InChI=1S/C21H43N5O12S/c22-1-4-39(33,34)26-11-6-10(23)18(19(15(11)30)38-21-17(32)16(31)13(8-28)36-21)37-20-14(24)12(29)5-9(35-20)7-25-2-3-27/h9-21,25-32H,1-8,22-24H2. The summed E-state index contributed by atoms with van der Waals surface area (Å²) in [5.41, 5.74) is 17.9. The van der Waals surface area contributed by atoms with Gasteiger partial charge in [0.05, 0.1) is 49.4 Å². The molecule has 0 aromatic carbocycles. The number of nitrogens with two attached hydrogens (primary N) is 3. The minimum absolute atomic E-state index is 0.0975. The molecule has 0 radical (unpaired) electrons. The van der Waals surface area contributed by atoms with Crippen LogP contribution in [0.4, 0.5) is 0 Å². The number of hydrogen-bond acceptors (Lipinski definition) is 16. The Balaban J connectivity index is 1.82. The van der Waals surface area contributed by atoms with Gasteiger partial charge in [0.25, 0.3) is 0 Å². The van der Waals surface area contributed by atoms with Gasteiger partial charge in [-0.25, -0.2) is 13.1 Å². The van der Waals surface area contributed by atoms with Crippen LogP contribution in [-0.4, -0.2) is 157 Å². The van der Waals surface area contributed by atoms with Crippen LogP contribution in [-0.2, 0) is 29.0 Å². The predicted molar refractivity (Wildman–Crippen MR) is 133 cm³/mol. The summed E-state index contributed by atoms with van der Waals surface area (Å²) in [7, 11) is -3.89. The highest BCUT2D eigenvalue weighted by Gasteiger charge is 2.52. The molecule has 1 aliphatic carbocycles. The number of aliphatic hydroxyl groups excluding tert-OH is 6. The van der Waals surface area contributed by atoms with E-state index in [9.17, 15) is 34.0 Å². The summed E-state index contributed by atoms with van der Waals surface area (Å²) in [6, 6.07) is -3.12. The van der Waals surface area contributed by atoms with Crippen molar-refractivity contribution in [2.24, 2.45) is 17.2 Å². The van der Waals surface area contributed by atoms with Crippen LogP contribution < -0.4 is 27.2 Å². The largest absolute Gasteiger partial charge is 0.395 e. The lowest BCUT2D eigenvalue weighted by atomic mass is 9.84. The summed E-state index contributed by atoms with van der Waals surface area (Å²) in [6.45, 7) is -0.307. The van der Waals surface area contributed by atoms with Gasteiger partial charge in [-0.2, -0.15) is 0 Å². The first-order chi connectivity index (χ1) is 18.4. The van der Waals surface area contributed by atoms with Crippen LogP contribution in [0.3, 0.4) is 0 Å². The Bertz CT molecular complexity index is 861. The van der Waals surface area contributed by atoms with Crippen LogP contribution in [0.2, 0.25) is 0 Å². The third-order valence-electron chi connectivity index (χ3n) is 7.07. The molecule has 3 aliphatic rings. The lowest BCUT2D eigenvalue weighted by Crippen LogP contribution is -2.67. The third kappa shape index (κ3) is 8.22. The van der Waals surface area contributed by atoms with Gasteiger partial charge in [0.2, 0.25) is 10.0 Å². The molecule has 1 saturated carbocycles. The van der Waals surface area contributed by atoms with Gasteiger partial charge in [-0.1, -0.05) is 0 Å². The van der Waals surface area contributed by atoms with Crippen LogP contribution in [0.25, 0.3) is 0 Å². The molecular formula is C21H43N5O12S. The van der Waals surface area contributed by atoms with Crippen molar-refractivity contribution in [3.63, 3.8) is 0 Å². The Morgan fingerprint density at radius 1 is 0.923 bits per heavy atom. The number of aliphatic hydroxyl groups is 6. The summed E-state index contributed by atoms with van der Waals surface area (Å²) < 4.78 is 50.3. The number of ether oxygens (including phenoxy) is 4. The van der Waals surface area contributed by atoms with Gasteiger partial charge in [-0.3, -0.25) is 0 Å². The second-order valence-electron chi connectivity index (χ2n) is 10.1. The summed E-state index contributed by atoms with van der Waals surface area (Å²) in [4.78, 5) is 0. The molecule has 230 valence electrons. The molecule has 2 heterocycles. The molecular weight excluding hydrogens is 546 g/mol. The van der Waals surface area contributed by atoms with E-state index in [0.717, 1.165) is 0 Å². The Hall–Kier alpha value is -0.650. The molecule has 39 heavy (non-hydrogen) atoms. The zero-order valence-corrected chi connectivity index (χ0v) is 22.3. The summed E-state index contributed by atoms with van der Waals surface area (Å²) in [6.07, 6.45) is -12.7. The van der Waals surface area contributed by atoms with Crippen molar-refractivity contribution in [3.8, 4) is 0 Å². The normalized spacial score (nSPS) is 43.6. The smallest absolute Gasteiger partial charge is 0.213 e. The zero-order valence-electron chi connectivity index (χ0n) is 21.4. The van der Waals surface area contributed by atoms with Crippen molar-refractivity contribution in [1.82, 2.24) is 10.0 Å². The maximum absolute atomic E-state index is 12.4. The molecule has 13 atom stereocenters. The van der Waals surface area contributed by atoms with Crippen LogP contribution in [0, 0.1) is 0 Å². The van der Waals surface area contributed by atoms with Gasteiger partial charge in [0, 0.05) is 32.1 Å². The van der Waals surface area contributed by atoms with E-state index in [0.29, 0.717) is 6.54 Å². The third-order valence-corrected chi connectivity index (χ3v) is 8.50. The fraction of sp³-hybridized carbons (Fsp3) is 1.00. The fourth-order valence-corrected chi connectivity index (χ4v) is 6.09. The topological polar surface area (TPSA) is 295 Å². The van der Waals surface area contributed by atoms with Crippen molar-refractivity contribution >= 4 is 10.0 Å². The summed E-state index contributed by atoms with van der Waals surface area (Å²) in [5, 5.41) is 63.6. The van der Waals surface area contributed by atoms with Crippen molar-refractivity contribution in [1.29, 1.82) is 0 Å². The maximum Gasteiger partial charge on any atom is 0.213 e. The van der Waals surface area contributed by atoms with Crippen molar-refractivity contribution in [3.05, 3.63) is 0 Å². The molecule has 3 fully saturated rings. The Morgan fingerprint density at radius 2 is 1.62 bits per heavy atom. The maximum atomic E-state index is 12.4. The van der Waals surface area contributed by atoms with E-state index in [4.69, 9.17) is 41.3 Å². The lowest BCUT2D eigenvalue weighted by molar-refractivity contribution is -0.294. The SMILES string of the molecule is NCCS(=O)(=O)NC1CC(N)C(OC2OC(CNCCO)CC(O)C2N)C(OC2OC(CO)C(O)C2O)C1O. The molecule has 0 aromatic rings. The molecule has 2 aliphatic heterocycles. The monoisotopic (exact) mass is 589 g/mol. The van der Waals surface area contributed by atoms with E-state index in [2.05, 4.69) is 10.0 Å². The number of sulfonamides is 1. The van der Waals surface area contributed by atoms with E-state index in [1.54, 1.807) is 0 Å². The van der Waals surface area contributed by atoms with Crippen LogP contribution in [0.5, 0.6) is 0 Å². The summed E-state index contributed by atoms with van der Waals surface area (Å²) >= 11 is 0. The van der Waals surface area contributed by atoms with Gasteiger partial charge < -0.3 is 72.1 Å². The van der Waals surface area contributed by atoms with E-state index in [-0.39, 0.29) is 32.5 Å². The van der Waals surface area contributed by atoms with Crippen molar-refractivity contribution < 1.29 is 58.0 Å². The summed E-state index contributed by atoms with van der Waals surface area (Å²) in [5.74, 6) is -0.403. The molecule has 18 heteroatoms. The van der Waals surface area contributed by atoms with E-state index >= 15 is 0 Å². The molecule has 14 N–H and O–H groups in total. The van der Waals surface area contributed by atoms with Crippen molar-refractivity contribution in [2.45, 2.75) is 92.4 Å². The molecule has 13 unspecified atom stereocenters. The predicted octanol–water partition coefficient (Wildman–Crippen LogP) is -7.08. The average Bonchev–Trinajstić information content (AvgIpc) is 3.14. The molecule has 0 spiro atoms. The van der Waals surface area contributed by atoms with Gasteiger partial charge in [0.1, 0.15) is 30.5 Å². The second kappa shape index (κ2) is 14.5. The quantitative estimate of drug-likeness (QED) is 0.0889. The first-order valence-electron chi connectivity index (χ1n) is 12.9. The molecule has 0 aromatic heterocycles. The highest BCUT2D eigenvalue weighted by Crippen LogP contribution is 2.32. The van der Waals surface area contributed by atoms with Crippen LogP contribution in [0.15, 0.2) is 0 Å². The fourth-order valence-electron chi connectivity index (χ4n) is 4.96. The van der Waals surface area contributed by atoms with Crippen LogP contribution in [0.1, 0.15) is 12.8 Å². The minimum Gasteiger partial charge on any atom is -0.395 e. The number of rotatable bonds is 13. The first-order valence-corrected chi connectivity index (χ1v) is 14.5. The number of hydrogen-bond donors (Lipinski definition) is 11. The van der Waals surface area contributed by atoms with E-state index < -0.39 is 102 Å². The molecule has 2 saturated heterocycles. The molecule has 3 rings (SSSR count).